The van der Waals surface area contributed by atoms with Crippen LogP contribution in [-0.2, 0) is 14.8 Å². The normalized spacial score (nSPS) is 11.4. The van der Waals surface area contributed by atoms with Gasteiger partial charge in [-0.2, -0.15) is 0 Å². The number of aromatic nitrogens is 1. The van der Waals surface area contributed by atoms with E-state index in [1.165, 1.54) is 37.8 Å². The topological polar surface area (TPSA) is 101 Å². The van der Waals surface area contributed by atoms with Crippen LogP contribution in [0.2, 0.25) is 0 Å². The fourth-order valence-electron chi connectivity index (χ4n) is 2.88. The van der Waals surface area contributed by atoms with E-state index in [-0.39, 0.29) is 16.7 Å². The molecule has 0 radical (unpaired) electrons. The molecule has 29 heavy (non-hydrogen) atoms. The third kappa shape index (κ3) is 7.20. The summed E-state index contributed by atoms with van der Waals surface area (Å²) in [5.74, 6) is 0.0506. The molecule has 0 bridgehead atoms. The molecule has 1 aromatic heterocycles. The second-order valence-electron chi connectivity index (χ2n) is 7.27. The Labute approximate surface area is 173 Å². The Kier molecular flexibility index (Phi) is 8.70. The summed E-state index contributed by atoms with van der Waals surface area (Å²) in [7, 11) is -3.79. The molecule has 160 valence electrons. The maximum atomic E-state index is 12.5. The molecule has 0 aliphatic rings. The largest absolute Gasteiger partial charge is 0.337 e. The van der Waals surface area contributed by atoms with Gasteiger partial charge >= 0.3 is 0 Å². The van der Waals surface area contributed by atoms with Gasteiger partial charge in [0.05, 0.1) is 10.6 Å². The zero-order valence-corrected chi connectivity index (χ0v) is 18.3. The van der Waals surface area contributed by atoms with E-state index >= 15 is 0 Å². The second kappa shape index (κ2) is 11.0. The average molecular weight is 422 g/mol. The number of carbonyl (C=O) groups excluding carboxylic acids is 1. The third-order valence-electron chi connectivity index (χ3n) is 4.84. The highest BCUT2D eigenvalue weighted by Crippen LogP contribution is 2.22. The van der Waals surface area contributed by atoms with Crippen LogP contribution in [-0.4, -0.2) is 19.5 Å². The lowest BCUT2D eigenvalue weighted by Crippen LogP contribution is -2.14. The summed E-state index contributed by atoms with van der Waals surface area (Å²) >= 11 is 0. The maximum absolute atomic E-state index is 12.5. The second-order valence-corrected chi connectivity index (χ2v) is 8.95. The van der Waals surface area contributed by atoms with Crippen LogP contribution in [0.25, 0.3) is 0 Å². The highest BCUT2D eigenvalue weighted by molar-refractivity contribution is 7.92. The molecule has 0 aliphatic heterocycles. The van der Waals surface area contributed by atoms with Crippen LogP contribution in [0.4, 0.5) is 11.6 Å². The van der Waals surface area contributed by atoms with Crippen molar-refractivity contribution >= 4 is 27.5 Å². The van der Waals surface area contributed by atoms with Gasteiger partial charge in [-0.15, -0.1) is 0 Å². The fourth-order valence-corrected chi connectivity index (χ4v) is 3.92. The zero-order valence-electron chi connectivity index (χ0n) is 17.5. The number of nitrogens with one attached hydrogen (secondary N) is 2. The molecule has 0 atom stereocenters. The van der Waals surface area contributed by atoms with Gasteiger partial charge in [0.1, 0.15) is 0 Å². The van der Waals surface area contributed by atoms with Crippen LogP contribution in [0, 0.1) is 13.8 Å². The first-order valence-corrected chi connectivity index (χ1v) is 11.7. The summed E-state index contributed by atoms with van der Waals surface area (Å²) in [5.41, 5.74) is 1.84. The number of nitrogens with zero attached hydrogens (tertiary/aromatic N) is 1. The van der Waals surface area contributed by atoms with Crippen molar-refractivity contribution in [2.75, 3.05) is 10.0 Å². The van der Waals surface area contributed by atoms with Gasteiger partial charge < -0.3 is 9.84 Å². The van der Waals surface area contributed by atoms with Gasteiger partial charge in [-0.05, 0) is 44.5 Å². The smallest absolute Gasteiger partial charge is 0.264 e. The Bertz CT molecular complexity index is 889. The van der Waals surface area contributed by atoms with Gasteiger partial charge in [-0.1, -0.05) is 50.6 Å². The molecule has 0 unspecified atom stereocenters. The SMILES string of the molecule is CCCCCCCCCC(=O)Nc1ccc(S(=O)(=O)Nc2onc(C)c2C)cc1. The Morgan fingerprint density at radius 3 is 2.21 bits per heavy atom. The maximum Gasteiger partial charge on any atom is 0.264 e. The van der Waals surface area contributed by atoms with Crippen molar-refractivity contribution in [3.8, 4) is 0 Å². The average Bonchev–Trinajstić information content (AvgIpc) is 2.99. The van der Waals surface area contributed by atoms with Crippen LogP contribution < -0.4 is 10.0 Å². The van der Waals surface area contributed by atoms with E-state index in [0.29, 0.717) is 23.4 Å². The minimum Gasteiger partial charge on any atom is -0.337 e. The summed E-state index contributed by atoms with van der Waals surface area (Å²) in [6.45, 7) is 5.66. The molecule has 1 amide bonds. The van der Waals surface area contributed by atoms with Gasteiger partial charge in [0.15, 0.2) is 0 Å². The number of sulfonamides is 1. The van der Waals surface area contributed by atoms with Crippen LogP contribution in [0.15, 0.2) is 33.7 Å². The lowest BCUT2D eigenvalue weighted by atomic mass is 10.1. The molecule has 2 aromatic rings. The molecule has 0 fully saturated rings. The van der Waals surface area contributed by atoms with Gasteiger partial charge in [-0.3, -0.25) is 4.79 Å². The minimum absolute atomic E-state index is 0.0555. The summed E-state index contributed by atoms with van der Waals surface area (Å²) < 4.78 is 32.4. The van der Waals surface area contributed by atoms with Crippen molar-refractivity contribution < 1.29 is 17.7 Å². The third-order valence-corrected chi connectivity index (χ3v) is 6.19. The van der Waals surface area contributed by atoms with E-state index in [2.05, 4.69) is 22.1 Å². The number of aryl methyl sites for hydroxylation is 1. The number of hydrogen-bond acceptors (Lipinski definition) is 5. The highest BCUT2D eigenvalue weighted by Gasteiger charge is 2.19. The van der Waals surface area contributed by atoms with Gasteiger partial charge in [0.2, 0.25) is 11.8 Å². The number of hydrogen-bond donors (Lipinski definition) is 2. The number of carbonyl (C=O) groups is 1. The molecule has 0 saturated carbocycles. The van der Waals surface area contributed by atoms with Crippen molar-refractivity contribution in [1.82, 2.24) is 5.16 Å². The predicted octanol–water partition coefficient (Wildman–Crippen LogP) is 5.17. The number of benzene rings is 1. The van der Waals surface area contributed by atoms with E-state index in [1.54, 1.807) is 26.0 Å². The molecule has 2 rings (SSSR count). The highest BCUT2D eigenvalue weighted by atomic mass is 32.2. The van der Waals surface area contributed by atoms with Crippen molar-refractivity contribution in [2.24, 2.45) is 0 Å². The van der Waals surface area contributed by atoms with Gasteiger partial charge in [0.25, 0.3) is 10.0 Å². The van der Waals surface area contributed by atoms with E-state index < -0.39 is 10.0 Å². The molecule has 1 aromatic carbocycles. The standard InChI is InChI=1S/C21H31N3O4S/c1-4-5-6-7-8-9-10-11-20(25)22-18-12-14-19(15-13-18)29(26,27)24-21-16(2)17(3)23-28-21/h12-15,24H,4-11H2,1-3H3,(H,22,25). The lowest BCUT2D eigenvalue weighted by molar-refractivity contribution is -0.116. The first-order valence-electron chi connectivity index (χ1n) is 10.2. The molecule has 8 heteroatoms. The summed E-state index contributed by atoms with van der Waals surface area (Å²) in [6, 6.07) is 6.06. The zero-order chi connectivity index (χ0) is 21.3. The molecule has 2 N–H and O–H groups in total. The van der Waals surface area contributed by atoms with E-state index in [9.17, 15) is 13.2 Å². The van der Waals surface area contributed by atoms with Crippen LogP contribution >= 0.6 is 0 Å². The first-order chi connectivity index (χ1) is 13.8. The lowest BCUT2D eigenvalue weighted by Gasteiger charge is -2.08. The molecule has 0 saturated heterocycles. The summed E-state index contributed by atoms with van der Waals surface area (Å²) in [4.78, 5) is 12.1. The number of unbranched alkanes of at least 4 members (excludes halogenated alkanes) is 6. The molecule has 7 nitrogen and oxygen atoms in total. The number of anilines is 2. The van der Waals surface area contributed by atoms with Crippen molar-refractivity contribution in [1.29, 1.82) is 0 Å². The monoisotopic (exact) mass is 421 g/mol. The predicted molar refractivity (Wildman–Crippen MR) is 114 cm³/mol. The van der Waals surface area contributed by atoms with E-state index in [0.717, 1.165) is 19.3 Å². The van der Waals surface area contributed by atoms with Crippen molar-refractivity contribution in [3.63, 3.8) is 0 Å². The molecule has 0 aliphatic carbocycles. The summed E-state index contributed by atoms with van der Waals surface area (Å²) in [6.07, 6.45) is 8.56. The van der Waals surface area contributed by atoms with Crippen molar-refractivity contribution in [2.45, 2.75) is 77.0 Å². The molecule has 1 heterocycles. The van der Waals surface area contributed by atoms with E-state index in [1.807, 2.05) is 0 Å². The molecule has 0 spiro atoms. The van der Waals surface area contributed by atoms with E-state index in [4.69, 9.17) is 4.52 Å². The number of amides is 1. The first kappa shape index (κ1) is 22.9. The Morgan fingerprint density at radius 1 is 1.00 bits per heavy atom. The quantitative estimate of drug-likeness (QED) is 0.460. The Hall–Kier alpha value is -2.35. The van der Waals surface area contributed by atoms with Gasteiger partial charge in [0, 0.05) is 17.7 Å². The Morgan fingerprint density at radius 2 is 1.62 bits per heavy atom. The molecular formula is C21H31N3O4S. The number of rotatable bonds is 12. The fraction of sp³-hybridized carbons (Fsp3) is 0.524. The van der Waals surface area contributed by atoms with Gasteiger partial charge in [-0.25, -0.2) is 13.1 Å². The summed E-state index contributed by atoms with van der Waals surface area (Å²) in [5, 5.41) is 6.55. The van der Waals surface area contributed by atoms with Crippen LogP contribution in [0.1, 0.15) is 69.5 Å². The van der Waals surface area contributed by atoms with Crippen LogP contribution in [0.3, 0.4) is 0 Å². The molecular weight excluding hydrogens is 390 g/mol. The Balaban J connectivity index is 1.81. The minimum atomic E-state index is -3.79. The van der Waals surface area contributed by atoms with Crippen molar-refractivity contribution in [3.05, 3.63) is 35.5 Å². The van der Waals surface area contributed by atoms with Crippen LogP contribution in [0.5, 0.6) is 0 Å².